The Morgan fingerprint density at radius 2 is 2.09 bits per heavy atom. The molecule has 0 saturated carbocycles. The SMILES string of the molecule is O=CC1OC(n2cc(-c3cn(C(Cc4c[nH]c5ccccc45)C(=O)O)nn3)c(=O)[nH]c2=O)C[C@@H]1O. The Morgan fingerprint density at radius 1 is 1.29 bits per heavy atom. The number of aromatic amines is 2. The summed E-state index contributed by atoms with van der Waals surface area (Å²) < 4.78 is 7.58. The maximum Gasteiger partial charge on any atom is 0.330 e. The monoisotopic (exact) mass is 480 g/mol. The topological polar surface area (TPSA) is 185 Å². The molecule has 0 radical (unpaired) electrons. The number of aromatic nitrogens is 6. The molecular formula is C22H20N6O7. The van der Waals surface area contributed by atoms with Crippen molar-refractivity contribution in [1.29, 1.82) is 0 Å². The van der Waals surface area contributed by atoms with Gasteiger partial charge in [0.15, 0.2) is 12.3 Å². The van der Waals surface area contributed by atoms with Crippen LogP contribution in [0.4, 0.5) is 0 Å². The molecule has 13 nitrogen and oxygen atoms in total. The second-order valence-electron chi connectivity index (χ2n) is 8.21. The third-order valence-corrected chi connectivity index (χ3v) is 6.03. The first-order chi connectivity index (χ1) is 16.9. The molecule has 0 bridgehead atoms. The first-order valence-electron chi connectivity index (χ1n) is 10.7. The number of aliphatic hydroxyl groups is 1. The molecular weight excluding hydrogens is 460 g/mol. The van der Waals surface area contributed by atoms with Crippen molar-refractivity contribution in [3.8, 4) is 11.3 Å². The lowest BCUT2D eigenvalue weighted by Gasteiger charge is -2.14. The summed E-state index contributed by atoms with van der Waals surface area (Å²) >= 11 is 0. The lowest BCUT2D eigenvalue weighted by molar-refractivity contribution is -0.141. The fourth-order valence-electron chi connectivity index (χ4n) is 4.21. The van der Waals surface area contributed by atoms with E-state index in [0.29, 0.717) is 6.29 Å². The predicted molar refractivity (Wildman–Crippen MR) is 120 cm³/mol. The van der Waals surface area contributed by atoms with Crippen molar-refractivity contribution in [2.24, 2.45) is 0 Å². The van der Waals surface area contributed by atoms with E-state index in [1.807, 2.05) is 24.3 Å². The molecule has 0 amide bonds. The second kappa shape index (κ2) is 8.77. The number of aldehydes is 1. The van der Waals surface area contributed by atoms with Gasteiger partial charge in [-0.05, 0) is 11.6 Å². The van der Waals surface area contributed by atoms with E-state index in [1.54, 1.807) is 6.20 Å². The van der Waals surface area contributed by atoms with Gasteiger partial charge in [-0.3, -0.25) is 14.3 Å². The van der Waals surface area contributed by atoms with Crippen LogP contribution >= 0.6 is 0 Å². The Hall–Kier alpha value is -4.36. The Balaban J connectivity index is 1.47. The molecule has 180 valence electrons. The number of carbonyl (C=O) groups is 2. The van der Waals surface area contributed by atoms with Gasteiger partial charge in [0.05, 0.1) is 17.9 Å². The average Bonchev–Trinajstić information content (AvgIpc) is 3.56. The van der Waals surface area contributed by atoms with E-state index in [4.69, 9.17) is 4.74 Å². The Morgan fingerprint density at radius 3 is 2.83 bits per heavy atom. The van der Waals surface area contributed by atoms with E-state index in [0.717, 1.165) is 25.7 Å². The number of rotatable bonds is 7. The van der Waals surface area contributed by atoms with Gasteiger partial charge >= 0.3 is 11.7 Å². The minimum absolute atomic E-state index is 0.0345. The highest BCUT2D eigenvalue weighted by Crippen LogP contribution is 2.27. The van der Waals surface area contributed by atoms with E-state index in [-0.39, 0.29) is 24.1 Å². The van der Waals surface area contributed by atoms with Gasteiger partial charge in [0.2, 0.25) is 0 Å². The molecule has 4 N–H and O–H groups in total. The number of carboxylic acids is 1. The summed E-state index contributed by atoms with van der Waals surface area (Å²) in [5, 5.41) is 28.5. The number of hydrogen-bond acceptors (Lipinski definition) is 8. The zero-order valence-corrected chi connectivity index (χ0v) is 18.1. The number of aliphatic hydroxyl groups excluding tert-OH is 1. The van der Waals surface area contributed by atoms with Gasteiger partial charge in [0.25, 0.3) is 5.56 Å². The summed E-state index contributed by atoms with van der Waals surface area (Å²) in [5.74, 6) is -1.14. The number of nitrogens with zero attached hydrogens (tertiary/aromatic N) is 4. The predicted octanol–water partition coefficient (Wildman–Crippen LogP) is -0.00790. The van der Waals surface area contributed by atoms with Gasteiger partial charge in [-0.25, -0.2) is 14.3 Å². The van der Waals surface area contributed by atoms with E-state index in [1.165, 1.54) is 12.4 Å². The molecule has 1 aromatic carbocycles. The van der Waals surface area contributed by atoms with Gasteiger partial charge in [0, 0.05) is 36.1 Å². The molecule has 1 fully saturated rings. The molecule has 1 saturated heterocycles. The highest BCUT2D eigenvalue weighted by atomic mass is 16.5. The second-order valence-corrected chi connectivity index (χ2v) is 8.21. The van der Waals surface area contributed by atoms with Gasteiger partial charge in [-0.2, -0.15) is 0 Å². The number of carboxylic acid groups (broad SMARTS) is 1. The number of fused-ring (bicyclic) bond motifs is 1. The van der Waals surface area contributed by atoms with Crippen molar-refractivity contribution in [3.63, 3.8) is 0 Å². The van der Waals surface area contributed by atoms with Crippen LogP contribution in [-0.4, -0.2) is 64.2 Å². The fourth-order valence-corrected chi connectivity index (χ4v) is 4.21. The molecule has 3 unspecified atom stereocenters. The van der Waals surface area contributed by atoms with Gasteiger partial charge in [-0.1, -0.05) is 23.4 Å². The number of hydrogen-bond donors (Lipinski definition) is 4. The standard InChI is InChI=1S/C22H20N6O7/c29-10-18-17(30)6-19(35-18)27-8-13(20(31)24-22(27)34)15-9-28(26-25-15)16(21(32)33)5-11-7-23-14-4-2-1-3-12(11)14/h1-4,7-10,16-19,23,30H,5-6H2,(H,32,33)(H,24,31,34)/t16?,17-,18?,19?/m0/s1. The van der Waals surface area contributed by atoms with Crippen LogP contribution in [0.3, 0.4) is 0 Å². The van der Waals surface area contributed by atoms with E-state index in [9.17, 15) is 29.4 Å². The number of H-pyrrole nitrogens is 2. The van der Waals surface area contributed by atoms with Crippen molar-refractivity contribution in [1.82, 2.24) is 29.5 Å². The third kappa shape index (κ3) is 4.06. The third-order valence-electron chi connectivity index (χ3n) is 6.03. The van der Waals surface area contributed by atoms with Crippen LogP contribution in [0.5, 0.6) is 0 Å². The normalized spacial score (nSPS) is 20.8. The molecule has 1 aliphatic rings. The van der Waals surface area contributed by atoms with Crippen molar-refractivity contribution >= 4 is 23.2 Å². The van der Waals surface area contributed by atoms with E-state index in [2.05, 4.69) is 20.3 Å². The molecule has 4 atom stereocenters. The minimum atomic E-state index is -1.14. The Bertz CT molecular complexity index is 1530. The molecule has 13 heteroatoms. The number of carbonyl (C=O) groups excluding carboxylic acids is 1. The van der Waals surface area contributed by atoms with Crippen LogP contribution < -0.4 is 11.2 Å². The van der Waals surface area contributed by atoms with E-state index < -0.39 is 41.7 Å². The zero-order valence-electron chi connectivity index (χ0n) is 18.1. The van der Waals surface area contributed by atoms with Crippen LogP contribution in [0.1, 0.15) is 24.3 Å². The average molecular weight is 480 g/mol. The maximum atomic E-state index is 12.5. The summed E-state index contributed by atoms with van der Waals surface area (Å²) in [5.41, 5.74) is 0.0780. The molecule has 0 aliphatic carbocycles. The van der Waals surface area contributed by atoms with Gasteiger partial charge < -0.3 is 24.7 Å². The summed E-state index contributed by atoms with van der Waals surface area (Å²) in [6, 6.07) is 6.38. The van der Waals surface area contributed by atoms with Gasteiger partial charge in [-0.15, -0.1) is 5.10 Å². The number of ether oxygens (including phenoxy) is 1. The Labute approximate surface area is 195 Å². The number of nitrogens with one attached hydrogen (secondary N) is 2. The molecule has 3 aromatic heterocycles. The largest absolute Gasteiger partial charge is 0.480 e. The highest BCUT2D eigenvalue weighted by molar-refractivity contribution is 5.84. The molecule has 4 aromatic rings. The fraction of sp³-hybridized carbons (Fsp3) is 0.273. The summed E-state index contributed by atoms with van der Waals surface area (Å²) in [4.78, 5) is 53.2. The molecule has 4 heterocycles. The number of para-hydroxylation sites is 1. The number of aliphatic carboxylic acids is 1. The molecule has 5 rings (SSSR count). The Kier molecular flexibility index (Phi) is 5.62. The van der Waals surface area contributed by atoms with Crippen LogP contribution in [0.2, 0.25) is 0 Å². The van der Waals surface area contributed by atoms with E-state index >= 15 is 0 Å². The first kappa shape index (κ1) is 22.4. The van der Waals surface area contributed by atoms with Crippen LogP contribution in [0.15, 0.2) is 52.4 Å². The summed E-state index contributed by atoms with van der Waals surface area (Å²) in [7, 11) is 0. The quantitative estimate of drug-likeness (QED) is 0.264. The maximum absolute atomic E-state index is 12.5. The van der Waals surface area contributed by atoms with Crippen molar-refractivity contribution < 1.29 is 24.5 Å². The molecule has 35 heavy (non-hydrogen) atoms. The minimum Gasteiger partial charge on any atom is -0.480 e. The van der Waals surface area contributed by atoms with Crippen LogP contribution in [0.25, 0.3) is 22.2 Å². The smallest absolute Gasteiger partial charge is 0.330 e. The highest BCUT2D eigenvalue weighted by Gasteiger charge is 2.35. The van der Waals surface area contributed by atoms with Crippen molar-refractivity contribution in [3.05, 3.63) is 69.3 Å². The zero-order chi connectivity index (χ0) is 24.7. The lowest BCUT2D eigenvalue weighted by Crippen LogP contribution is -2.33. The summed E-state index contributed by atoms with van der Waals surface area (Å²) in [6.07, 6.45) is 1.58. The lowest BCUT2D eigenvalue weighted by atomic mass is 10.1. The van der Waals surface area contributed by atoms with Crippen molar-refractivity contribution in [2.75, 3.05) is 0 Å². The van der Waals surface area contributed by atoms with Crippen LogP contribution in [-0.2, 0) is 20.7 Å². The molecule has 1 aliphatic heterocycles. The number of benzene rings is 1. The van der Waals surface area contributed by atoms with Crippen molar-refractivity contribution in [2.45, 2.75) is 37.3 Å². The molecule has 0 spiro atoms. The summed E-state index contributed by atoms with van der Waals surface area (Å²) in [6.45, 7) is 0. The van der Waals surface area contributed by atoms with Crippen LogP contribution in [0, 0.1) is 0 Å². The first-order valence-corrected chi connectivity index (χ1v) is 10.7. The van der Waals surface area contributed by atoms with Gasteiger partial charge in [0.1, 0.15) is 18.0 Å².